The van der Waals surface area contributed by atoms with Gasteiger partial charge in [-0.2, -0.15) is 0 Å². The number of halogens is 7. The number of aromatic nitrogens is 1. The van der Waals surface area contributed by atoms with Gasteiger partial charge in [0, 0.05) is 12.1 Å². The van der Waals surface area contributed by atoms with Crippen molar-refractivity contribution in [1.82, 2.24) is 0 Å². The van der Waals surface area contributed by atoms with Gasteiger partial charge in [0.15, 0.2) is 0 Å². The Kier molecular flexibility index (Phi) is 5.30. The van der Waals surface area contributed by atoms with E-state index in [0.29, 0.717) is 0 Å². The molecule has 86 valence electrons. The Bertz CT molecular complexity index is 314. The highest BCUT2D eigenvalue weighted by atomic mass is 35.5. The Balaban J connectivity index is 0.000000336. The molecule has 0 saturated heterocycles. The van der Waals surface area contributed by atoms with E-state index >= 15 is 0 Å². The molecule has 1 rings (SSSR count). The maximum Gasteiger partial charge on any atom is 0.673 e. The smallest absolute Gasteiger partial charge is 0.418 e. The first-order valence-electron chi connectivity index (χ1n) is 3.52. The Morgan fingerprint density at radius 3 is 1.60 bits per heavy atom. The molecule has 1 aromatic rings. The molecule has 1 nitrogen and oxygen atoms in total. The summed E-state index contributed by atoms with van der Waals surface area (Å²) < 4.78 is 51.6. The molecule has 0 amide bonds. The number of hydrogen-bond acceptors (Lipinski definition) is 0. The highest BCUT2D eigenvalue weighted by Gasteiger charge is 2.20. The Morgan fingerprint density at radius 1 is 1.07 bits per heavy atom. The van der Waals surface area contributed by atoms with Crippen molar-refractivity contribution in [3.8, 4) is 0 Å². The number of rotatable bonds is 0. The van der Waals surface area contributed by atoms with Crippen LogP contribution in [0.25, 0.3) is 0 Å². The molecule has 0 aliphatic heterocycles. The molecular formula is C6H5BCl2F5N. The fraction of sp³-hybridized carbons (Fsp3) is 0.167. The van der Waals surface area contributed by atoms with Gasteiger partial charge in [-0.3, -0.25) is 0 Å². The van der Waals surface area contributed by atoms with Crippen molar-refractivity contribution in [2.75, 3.05) is 0 Å². The van der Waals surface area contributed by atoms with Crippen LogP contribution in [0, 0.1) is 6.92 Å². The fourth-order valence-corrected chi connectivity index (χ4v) is 1.20. The van der Waals surface area contributed by atoms with Crippen LogP contribution in [-0.4, -0.2) is 7.25 Å². The van der Waals surface area contributed by atoms with Crippen LogP contribution in [0.1, 0.15) is 5.56 Å². The van der Waals surface area contributed by atoms with Crippen molar-refractivity contribution in [2.24, 2.45) is 0 Å². The van der Waals surface area contributed by atoms with E-state index in [0.717, 1.165) is 5.56 Å². The lowest BCUT2D eigenvalue weighted by atomic mass is 10.3. The van der Waals surface area contributed by atoms with Gasteiger partial charge in [-0.25, -0.2) is 0 Å². The zero-order valence-corrected chi connectivity index (χ0v) is 8.84. The van der Waals surface area contributed by atoms with Gasteiger partial charge in [0.05, 0.1) is 9.27 Å². The van der Waals surface area contributed by atoms with Gasteiger partial charge in [-0.15, -0.1) is 0 Å². The van der Waals surface area contributed by atoms with E-state index < -0.39 is 7.25 Å². The molecule has 1 heterocycles. The molecule has 0 aliphatic rings. The van der Waals surface area contributed by atoms with Gasteiger partial charge in [0.25, 0.3) is 0 Å². The lowest BCUT2D eigenvalue weighted by molar-refractivity contribution is -0.840. The minimum atomic E-state index is -6.00. The summed E-state index contributed by atoms with van der Waals surface area (Å²) in [4.78, 5) is 0.218. The number of aryl methyl sites for hydroxylation is 1. The molecule has 0 N–H and O–H groups in total. The molecule has 0 bridgehead atoms. The van der Waals surface area contributed by atoms with Gasteiger partial charge in [0.2, 0.25) is 0 Å². The Labute approximate surface area is 92.5 Å². The van der Waals surface area contributed by atoms with Crippen LogP contribution < -0.4 is 4.79 Å². The molecule has 0 radical (unpaired) electrons. The second-order valence-corrected chi connectivity index (χ2v) is 3.23. The fourth-order valence-electron chi connectivity index (χ4n) is 0.633. The second-order valence-electron chi connectivity index (χ2n) is 2.45. The first-order valence-corrected chi connectivity index (χ1v) is 4.28. The molecule has 0 aromatic carbocycles. The molecule has 0 unspecified atom stereocenters. The molecular weight excluding hydrogens is 263 g/mol. The number of pyridine rings is 1. The van der Waals surface area contributed by atoms with E-state index in [4.69, 9.17) is 23.2 Å². The van der Waals surface area contributed by atoms with E-state index in [1.807, 2.05) is 0 Å². The van der Waals surface area contributed by atoms with Gasteiger partial charge in [-0.1, -0.05) is 0 Å². The van der Waals surface area contributed by atoms with Crippen LogP contribution >= 0.6 is 23.2 Å². The third kappa shape index (κ3) is 7.38. The van der Waals surface area contributed by atoms with Crippen LogP contribution in [0.3, 0.4) is 0 Å². The van der Waals surface area contributed by atoms with E-state index in [9.17, 15) is 21.7 Å². The number of nitrogens with zero attached hydrogens (tertiary/aromatic N) is 1. The second kappa shape index (κ2) is 5.51. The largest absolute Gasteiger partial charge is 0.673 e. The standard InChI is InChI=1S/C6H5Cl2FN.BF4/c1-4-2-5(7)10(9)6(8)3-4;2-1(3,4)5/h2-3H,1H3;/q+1;-1. The monoisotopic (exact) mass is 267 g/mol. The molecule has 15 heavy (non-hydrogen) atoms. The molecule has 0 atom stereocenters. The minimum absolute atomic E-state index is 0.00926. The van der Waals surface area contributed by atoms with Crippen LogP contribution in [0.4, 0.5) is 21.7 Å². The summed E-state index contributed by atoms with van der Waals surface area (Å²) in [5, 5.41) is -0.0185. The van der Waals surface area contributed by atoms with E-state index in [-0.39, 0.29) is 15.1 Å². The van der Waals surface area contributed by atoms with Crippen molar-refractivity contribution >= 4 is 30.5 Å². The Morgan fingerprint density at radius 2 is 1.33 bits per heavy atom. The SMILES string of the molecule is Cc1cc(Cl)[n+](F)c(Cl)c1.F[B-](F)(F)F. The van der Waals surface area contributed by atoms with Crippen molar-refractivity contribution in [3.05, 3.63) is 28.0 Å². The topological polar surface area (TPSA) is 3.88 Å². The first-order chi connectivity index (χ1) is 6.61. The summed E-state index contributed by atoms with van der Waals surface area (Å²) in [5.41, 5.74) is 0.837. The summed E-state index contributed by atoms with van der Waals surface area (Å²) in [6.45, 7) is 1.79. The van der Waals surface area contributed by atoms with E-state index in [2.05, 4.69) is 0 Å². The van der Waals surface area contributed by atoms with E-state index in [1.54, 1.807) is 6.92 Å². The predicted octanol–water partition coefficient (Wildman–Crippen LogP) is 3.62. The van der Waals surface area contributed by atoms with Gasteiger partial charge >= 0.3 is 17.6 Å². The van der Waals surface area contributed by atoms with Crippen LogP contribution in [0.2, 0.25) is 10.3 Å². The van der Waals surface area contributed by atoms with Gasteiger partial charge < -0.3 is 17.3 Å². The molecule has 1 aromatic heterocycles. The van der Waals surface area contributed by atoms with Crippen molar-refractivity contribution in [3.63, 3.8) is 0 Å². The summed E-state index contributed by atoms with van der Waals surface area (Å²) >= 11 is 10.8. The van der Waals surface area contributed by atoms with Crippen molar-refractivity contribution in [2.45, 2.75) is 6.92 Å². The average Bonchev–Trinajstić information content (AvgIpc) is 1.96. The quantitative estimate of drug-likeness (QED) is 0.384. The van der Waals surface area contributed by atoms with Gasteiger partial charge in [-0.05, 0) is 35.7 Å². The average molecular weight is 268 g/mol. The maximum absolute atomic E-state index is 12.6. The van der Waals surface area contributed by atoms with Crippen LogP contribution in [-0.2, 0) is 0 Å². The molecule has 0 aliphatic carbocycles. The third-order valence-electron chi connectivity index (χ3n) is 1.07. The molecule has 0 spiro atoms. The van der Waals surface area contributed by atoms with Crippen LogP contribution in [0.5, 0.6) is 0 Å². The molecule has 9 heteroatoms. The highest BCUT2D eigenvalue weighted by Crippen LogP contribution is 2.11. The first kappa shape index (κ1) is 14.4. The summed E-state index contributed by atoms with van der Waals surface area (Å²) in [6.07, 6.45) is 0. The highest BCUT2D eigenvalue weighted by molar-refractivity contribution is 6.50. The minimum Gasteiger partial charge on any atom is -0.418 e. The lowest BCUT2D eigenvalue weighted by Gasteiger charge is -1.94. The van der Waals surface area contributed by atoms with Crippen molar-refractivity contribution in [1.29, 1.82) is 0 Å². The lowest BCUT2D eigenvalue weighted by Crippen LogP contribution is -2.25. The zero-order chi connectivity index (χ0) is 12.2. The van der Waals surface area contributed by atoms with E-state index in [1.165, 1.54) is 12.1 Å². The normalized spacial score (nSPS) is 10.7. The maximum atomic E-state index is 12.6. The van der Waals surface area contributed by atoms with Crippen molar-refractivity contribution < 1.29 is 26.5 Å². The summed E-state index contributed by atoms with van der Waals surface area (Å²) in [7, 11) is -6.00. The predicted molar refractivity (Wildman–Crippen MR) is 48.1 cm³/mol. The molecule has 0 fully saturated rings. The van der Waals surface area contributed by atoms with Gasteiger partial charge in [0.1, 0.15) is 0 Å². The summed E-state index contributed by atoms with van der Waals surface area (Å²) in [5.74, 6) is 0. The molecule has 0 saturated carbocycles. The third-order valence-corrected chi connectivity index (χ3v) is 1.58. The van der Waals surface area contributed by atoms with Crippen LogP contribution in [0.15, 0.2) is 12.1 Å². The zero-order valence-electron chi connectivity index (χ0n) is 7.33. The number of hydrogen-bond donors (Lipinski definition) is 0. The summed E-state index contributed by atoms with van der Waals surface area (Å²) in [6, 6.07) is 2.99. The Hall–Kier alpha value is -0.555.